The number of alkyl halides is 1. The molecule has 0 aromatic rings. The summed E-state index contributed by atoms with van der Waals surface area (Å²) in [5.74, 6) is -0.459. The maximum absolute atomic E-state index is 15.2. The van der Waals surface area contributed by atoms with Crippen LogP contribution in [0.3, 0.4) is 0 Å². The van der Waals surface area contributed by atoms with Crippen molar-refractivity contribution < 1.29 is 29.0 Å². The monoisotopic (exact) mass is 434 g/mol. The number of aliphatic hydroxyl groups excluding tert-OH is 2. The number of ketones is 3. The molecule has 0 aromatic heterocycles. The van der Waals surface area contributed by atoms with Gasteiger partial charge in [-0.3, -0.25) is 9.59 Å². The van der Waals surface area contributed by atoms with E-state index in [1.54, 1.807) is 6.08 Å². The lowest BCUT2D eigenvalue weighted by atomic mass is 9.46. The lowest BCUT2D eigenvalue weighted by molar-refractivity contribution is -0.144. The predicted molar refractivity (Wildman–Crippen MR) is 115 cm³/mol. The van der Waals surface area contributed by atoms with Crippen molar-refractivity contribution in [3.8, 4) is 0 Å². The molecule has 0 aliphatic heterocycles. The highest BCUT2D eigenvalue weighted by Gasteiger charge is 2.65. The van der Waals surface area contributed by atoms with Crippen LogP contribution in [0.1, 0.15) is 53.9 Å². The molecular formula is C25H35FO5. The molecule has 0 heterocycles. The summed E-state index contributed by atoms with van der Waals surface area (Å²) in [7, 11) is 0. The maximum Gasteiger partial charge on any atom is 0.178 e. The topological polar surface area (TPSA) is 91.7 Å². The third-order valence-electron chi connectivity index (χ3n) is 8.32. The van der Waals surface area contributed by atoms with Gasteiger partial charge in [0, 0.05) is 17.3 Å². The molecule has 172 valence electrons. The molecule has 4 aliphatic rings. The number of Topliss-reactive ketones (excluding diaryl/α,β-unsaturated/α-hetero) is 2. The summed E-state index contributed by atoms with van der Waals surface area (Å²) in [6.07, 6.45) is 4.39. The van der Waals surface area contributed by atoms with E-state index in [0.717, 1.165) is 6.42 Å². The largest absolute Gasteiger partial charge is 0.393 e. The second-order valence-corrected chi connectivity index (χ2v) is 10.6. The van der Waals surface area contributed by atoms with Crippen molar-refractivity contribution in [1.82, 2.24) is 0 Å². The van der Waals surface area contributed by atoms with E-state index < -0.39 is 29.7 Å². The number of hydrogen-bond donors (Lipinski definition) is 2. The van der Waals surface area contributed by atoms with Gasteiger partial charge < -0.3 is 15.0 Å². The van der Waals surface area contributed by atoms with Crippen molar-refractivity contribution >= 4 is 17.3 Å². The SMILES string of the molecule is CC(C)=O.C[C@@H]1C[C@H]2[C@@H]3C[C@H](F)C4=CC(=O)C=C[C@]4(C)[C@H]3[C@@H](O)C[C@]2(C)[C@H]1C(=O)CO. The highest BCUT2D eigenvalue weighted by molar-refractivity contribution is 6.01. The standard InChI is InChI=1S/C22H29FO4.C3H6O/c1-11-6-14-13-8-16(23)15-7-12(25)4-5-21(15,2)20(13)17(26)9-22(14,3)19(11)18(27)10-24;1-3(2)4/h4-5,7,11,13-14,16-17,19-20,24,26H,6,8-10H2,1-3H3;1-2H3/t11-,13+,14+,16+,17+,19-,20-,21+,22+;/m1./s1. The first-order valence-electron chi connectivity index (χ1n) is 11.2. The zero-order chi connectivity index (χ0) is 23.3. The Balaban J connectivity index is 0.000000628. The normalized spacial score (nSPS) is 45.5. The van der Waals surface area contributed by atoms with Crippen LogP contribution in [0.15, 0.2) is 23.8 Å². The van der Waals surface area contributed by atoms with Crippen molar-refractivity contribution in [2.45, 2.75) is 66.2 Å². The Hall–Kier alpha value is -1.66. The molecule has 0 saturated heterocycles. The Morgan fingerprint density at radius 1 is 1.23 bits per heavy atom. The third-order valence-corrected chi connectivity index (χ3v) is 8.32. The van der Waals surface area contributed by atoms with Crippen molar-refractivity contribution in [3.05, 3.63) is 23.8 Å². The van der Waals surface area contributed by atoms with Crippen LogP contribution in [-0.2, 0) is 14.4 Å². The molecule has 4 aliphatic carbocycles. The molecule has 0 radical (unpaired) electrons. The average Bonchev–Trinajstić information content (AvgIpc) is 2.92. The van der Waals surface area contributed by atoms with Crippen molar-refractivity contribution in [2.24, 2.45) is 40.4 Å². The Morgan fingerprint density at radius 3 is 2.42 bits per heavy atom. The molecule has 0 unspecified atom stereocenters. The Morgan fingerprint density at radius 2 is 1.84 bits per heavy atom. The van der Waals surface area contributed by atoms with Crippen molar-refractivity contribution in [3.63, 3.8) is 0 Å². The number of aliphatic hydroxyl groups is 2. The molecule has 9 atom stereocenters. The van der Waals surface area contributed by atoms with Gasteiger partial charge >= 0.3 is 0 Å². The smallest absolute Gasteiger partial charge is 0.178 e. The molecule has 0 spiro atoms. The van der Waals surface area contributed by atoms with Gasteiger partial charge in [-0.2, -0.15) is 0 Å². The number of allylic oxidation sites excluding steroid dienone is 4. The molecule has 4 rings (SSSR count). The van der Waals surface area contributed by atoms with Crippen LogP contribution in [0.5, 0.6) is 0 Å². The molecule has 0 bridgehead atoms. The quantitative estimate of drug-likeness (QED) is 0.696. The van der Waals surface area contributed by atoms with Gasteiger partial charge in [0.1, 0.15) is 18.6 Å². The van der Waals surface area contributed by atoms with Gasteiger partial charge in [-0.05, 0) is 74.0 Å². The average molecular weight is 435 g/mol. The van der Waals surface area contributed by atoms with Gasteiger partial charge in [-0.25, -0.2) is 4.39 Å². The van der Waals surface area contributed by atoms with Crippen LogP contribution in [-0.4, -0.2) is 46.4 Å². The molecule has 3 saturated carbocycles. The summed E-state index contributed by atoms with van der Waals surface area (Å²) in [4.78, 5) is 33.7. The minimum absolute atomic E-state index is 0.0484. The van der Waals surface area contributed by atoms with Crippen LogP contribution in [0.4, 0.5) is 4.39 Å². The number of carbonyl (C=O) groups excluding carboxylic acids is 3. The van der Waals surface area contributed by atoms with Crippen LogP contribution in [0.25, 0.3) is 0 Å². The van der Waals surface area contributed by atoms with Gasteiger partial charge in [-0.15, -0.1) is 0 Å². The maximum atomic E-state index is 15.2. The molecule has 31 heavy (non-hydrogen) atoms. The molecule has 6 heteroatoms. The minimum atomic E-state index is -1.21. The first kappa shape index (κ1) is 24.0. The number of halogens is 1. The first-order valence-corrected chi connectivity index (χ1v) is 11.2. The van der Waals surface area contributed by atoms with Gasteiger partial charge in [0.15, 0.2) is 11.6 Å². The highest BCUT2D eigenvalue weighted by Crippen LogP contribution is 2.67. The van der Waals surface area contributed by atoms with E-state index in [-0.39, 0.29) is 53.4 Å². The second-order valence-electron chi connectivity index (χ2n) is 10.6. The first-order chi connectivity index (χ1) is 14.4. The summed E-state index contributed by atoms with van der Waals surface area (Å²) in [6, 6.07) is 0. The molecule has 0 aromatic carbocycles. The number of fused-ring (bicyclic) bond motifs is 5. The Bertz CT molecular complexity index is 828. The molecule has 2 N–H and O–H groups in total. The van der Waals surface area contributed by atoms with Crippen molar-refractivity contribution in [2.75, 3.05) is 6.61 Å². The van der Waals surface area contributed by atoms with Crippen LogP contribution in [0.2, 0.25) is 0 Å². The highest BCUT2D eigenvalue weighted by atomic mass is 19.1. The predicted octanol–water partition coefficient (Wildman–Crippen LogP) is 3.23. The van der Waals surface area contributed by atoms with Crippen LogP contribution < -0.4 is 0 Å². The lowest BCUT2D eigenvalue weighted by Gasteiger charge is -2.59. The number of rotatable bonds is 2. The van der Waals surface area contributed by atoms with E-state index in [0.29, 0.717) is 12.0 Å². The summed E-state index contributed by atoms with van der Waals surface area (Å²) in [5.41, 5.74) is -0.599. The minimum Gasteiger partial charge on any atom is -0.393 e. The zero-order valence-corrected chi connectivity index (χ0v) is 19.1. The number of hydrogen-bond acceptors (Lipinski definition) is 5. The summed E-state index contributed by atoms with van der Waals surface area (Å²) in [5, 5.41) is 20.6. The van der Waals surface area contributed by atoms with Crippen LogP contribution in [0, 0.1) is 40.4 Å². The van der Waals surface area contributed by atoms with Crippen molar-refractivity contribution in [1.29, 1.82) is 0 Å². The molecule has 5 nitrogen and oxygen atoms in total. The van der Waals surface area contributed by atoms with E-state index in [9.17, 15) is 24.6 Å². The fourth-order valence-electron chi connectivity index (χ4n) is 7.49. The van der Waals surface area contributed by atoms with Gasteiger partial charge in [0.2, 0.25) is 0 Å². The Labute approximate surface area is 183 Å². The van der Waals surface area contributed by atoms with E-state index in [1.807, 2.05) is 20.8 Å². The third kappa shape index (κ3) is 3.86. The van der Waals surface area contributed by atoms with Gasteiger partial charge in [0.25, 0.3) is 0 Å². The van der Waals surface area contributed by atoms with E-state index in [4.69, 9.17) is 0 Å². The second kappa shape index (κ2) is 8.36. The molecular weight excluding hydrogens is 399 g/mol. The van der Waals surface area contributed by atoms with E-state index in [1.165, 1.54) is 26.0 Å². The van der Waals surface area contributed by atoms with E-state index in [2.05, 4.69) is 0 Å². The summed E-state index contributed by atoms with van der Waals surface area (Å²) in [6.45, 7) is 8.58. The number of carbonyl (C=O) groups is 3. The summed E-state index contributed by atoms with van der Waals surface area (Å²) < 4.78 is 15.2. The molecule has 0 amide bonds. The fraction of sp³-hybridized carbons (Fsp3) is 0.720. The zero-order valence-electron chi connectivity index (χ0n) is 19.1. The summed E-state index contributed by atoms with van der Waals surface area (Å²) >= 11 is 0. The molecule has 3 fully saturated rings. The van der Waals surface area contributed by atoms with E-state index >= 15 is 4.39 Å². The van der Waals surface area contributed by atoms with Crippen LogP contribution >= 0.6 is 0 Å². The fourth-order valence-corrected chi connectivity index (χ4v) is 7.49. The lowest BCUT2D eigenvalue weighted by Crippen LogP contribution is -2.58. The van der Waals surface area contributed by atoms with Gasteiger partial charge in [-0.1, -0.05) is 26.8 Å². The Kier molecular flexibility index (Phi) is 6.47. The van der Waals surface area contributed by atoms with Gasteiger partial charge in [0.05, 0.1) is 6.10 Å².